The fraction of sp³-hybridized carbons (Fsp3) is 0.308. The summed E-state index contributed by atoms with van der Waals surface area (Å²) in [6.07, 6.45) is 4.94. The number of hydrogen-bond acceptors (Lipinski definition) is 2. The summed E-state index contributed by atoms with van der Waals surface area (Å²) < 4.78 is 1.83. The predicted molar refractivity (Wildman–Crippen MR) is 70.1 cm³/mol. The highest BCUT2D eigenvalue weighted by atomic mass is 35.5. The Hall–Kier alpha value is -1.32. The molecule has 0 fully saturated rings. The predicted octanol–water partition coefficient (Wildman–Crippen LogP) is 2.41. The minimum absolute atomic E-state index is 0.788. The van der Waals surface area contributed by atoms with Crippen LogP contribution in [0.5, 0.6) is 0 Å². The van der Waals surface area contributed by atoms with Gasteiger partial charge in [0.1, 0.15) is 0 Å². The molecular formula is C13H16ClN3. The van der Waals surface area contributed by atoms with Crippen LogP contribution in [0.3, 0.4) is 0 Å². The van der Waals surface area contributed by atoms with Gasteiger partial charge < -0.3 is 5.32 Å². The summed E-state index contributed by atoms with van der Waals surface area (Å²) in [6.45, 7) is 1.79. The van der Waals surface area contributed by atoms with Crippen molar-refractivity contribution >= 4 is 11.6 Å². The summed E-state index contributed by atoms with van der Waals surface area (Å²) in [5.41, 5.74) is 2.47. The lowest BCUT2D eigenvalue weighted by molar-refractivity contribution is 0.686. The first-order chi connectivity index (χ1) is 8.24. The monoisotopic (exact) mass is 249 g/mol. The maximum absolute atomic E-state index is 5.92. The van der Waals surface area contributed by atoms with Crippen LogP contribution in [0.2, 0.25) is 5.02 Å². The van der Waals surface area contributed by atoms with Crippen molar-refractivity contribution in [1.29, 1.82) is 0 Å². The quantitative estimate of drug-likeness (QED) is 0.825. The molecule has 0 radical (unpaired) electrons. The van der Waals surface area contributed by atoms with E-state index in [-0.39, 0.29) is 0 Å². The minimum Gasteiger partial charge on any atom is -0.312 e. The molecule has 1 aromatic heterocycles. The third kappa shape index (κ3) is 3.88. The minimum atomic E-state index is 0.788. The number of rotatable bonds is 5. The first kappa shape index (κ1) is 12.1. The first-order valence-corrected chi connectivity index (χ1v) is 6.04. The highest BCUT2D eigenvalue weighted by molar-refractivity contribution is 6.30. The van der Waals surface area contributed by atoms with E-state index in [1.807, 2.05) is 42.3 Å². The zero-order valence-corrected chi connectivity index (χ0v) is 10.6. The third-order valence-electron chi connectivity index (χ3n) is 2.57. The van der Waals surface area contributed by atoms with Gasteiger partial charge in [-0.1, -0.05) is 23.7 Å². The second-order valence-corrected chi connectivity index (χ2v) is 4.52. The Kier molecular flexibility index (Phi) is 4.18. The SMILES string of the molecule is Cn1cc(CCNCc2cccc(Cl)c2)cn1. The van der Waals surface area contributed by atoms with Crippen LogP contribution in [0.25, 0.3) is 0 Å². The number of aromatic nitrogens is 2. The zero-order chi connectivity index (χ0) is 12.1. The summed E-state index contributed by atoms with van der Waals surface area (Å²) in [4.78, 5) is 0. The number of nitrogens with one attached hydrogen (secondary N) is 1. The second kappa shape index (κ2) is 5.84. The van der Waals surface area contributed by atoms with E-state index in [4.69, 9.17) is 11.6 Å². The van der Waals surface area contributed by atoms with Crippen molar-refractivity contribution < 1.29 is 0 Å². The van der Waals surface area contributed by atoms with Crippen molar-refractivity contribution in [2.24, 2.45) is 7.05 Å². The molecule has 0 atom stereocenters. The van der Waals surface area contributed by atoms with Crippen LogP contribution in [0.1, 0.15) is 11.1 Å². The molecule has 17 heavy (non-hydrogen) atoms. The maximum Gasteiger partial charge on any atom is 0.0522 e. The van der Waals surface area contributed by atoms with Gasteiger partial charge in [-0.2, -0.15) is 5.10 Å². The molecule has 3 nitrogen and oxygen atoms in total. The van der Waals surface area contributed by atoms with E-state index in [0.717, 1.165) is 24.5 Å². The molecule has 1 heterocycles. The van der Waals surface area contributed by atoms with E-state index < -0.39 is 0 Å². The normalized spacial score (nSPS) is 10.7. The molecule has 2 aromatic rings. The molecule has 0 bridgehead atoms. The Balaban J connectivity index is 1.73. The Labute approximate surface area is 106 Å². The molecule has 4 heteroatoms. The van der Waals surface area contributed by atoms with Crippen molar-refractivity contribution in [2.75, 3.05) is 6.54 Å². The molecule has 0 aliphatic rings. The van der Waals surface area contributed by atoms with E-state index in [9.17, 15) is 0 Å². The average Bonchev–Trinajstić information content (AvgIpc) is 2.71. The highest BCUT2D eigenvalue weighted by Crippen LogP contribution is 2.10. The van der Waals surface area contributed by atoms with Crippen LogP contribution in [0.15, 0.2) is 36.7 Å². The second-order valence-electron chi connectivity index (χ2n) is 4.08. The van der Waals surface area contributed by atoms with Crippen LogP contribution >= 0.6 is 11.6 Å². The van der Waals surface area contributed by atoms with Gasteiger partial charge in [-0.3, -0.25) is 4.68 Å². The van der Waals surface area contributed by atoms with E-state index in [1.54, 1.807) is 0 Å². The number of halogens is 1. The van der Waals surface area contributed by atoms with Crippen molar-refractivity contribution in [3.63, 3.8) is 0 Å². The highest BCUT2D eigenvalue weighted by Gasteiger charge is 1.97. The van der Waals surface area contributed by atoms with Gasteiger partial charge in [-0.05, 0) is 36.2 Å². The first-order valence-electron chi connectivity index (χ1n) is 5.67. The lowest BCUT2D eigenvalue weighted by Crippen LogP contribution is -2.16. The van der Waals surface area contributed by atoms with Crippen LogP contribution in [0.4, 0.5) is 0 Å². The summed E-state index contributed by atoms with van der Waals surface area (Å²) in [6, 6.07) is 7.92. The van der Waals surface area contributed by atoms with Crippen molar-refractivity contribution in [1.82, 2.24) is 15.1 Å². The Morgan fingerprint density at radius 1 is 1.35 bits per heavy atom. The van der Waals surface area contributed by atoms with Crippen molar-refractivity contribution in [3.8, 4) is 0 Å². The molecule has 90 valence electrons. The Morgan fingerprint density at radius 2 is 2.24 bits per heavy atom. The largest absolute Gasteiger partial charge is 0.312 e. The van der Waals surface area contributed by atoms with E-state index >= 15 is 0 Å². The number of hydrogen-bond donors (Lipinski definition) is 1. The summed E-state index contributed by atoms with van der Waals surface area (Å²) >= 11 is 5.92. The van der Waals surface area contributed by atoms with Gasteiger partial charge >= 0.3 is 0 Å². The Morgan fingerprint density at radius 3 is 2.94 bits per heavy atom. The molecule has 0 aliphatic heterocycles. The van der Waals surface area contributed by atoms with E-state index in [0.29, 0.717) is 0 Å². The van der Waals surface area contributed by atoms with Gasteiger partial charge in [-0.15, -0.1) is 0 Å². The molecule has 2 rings (SSSR count). The number of nitrogens with zero attached hydrogens (tertiary/aromatic N) is 2. The molecule has 0 spiro atoms. The maximum atomic E-state index is 5.92. The van der Waals surface area contributed by atoms with Crippen LogP contribution in [-0.2, 0) is 20.0 Å². The lowest BCUT2D eigenvalue weighted by Gasteiger charge is -2.04. The molecule has 0 saturated carbocycles. The number of benzene rings is 1. The van der Waals surface area contributed by atoms with Gasteiger partial charge in [0.15, 0.2) is 0 Å². The molecule has 0 saturated heterocycles. The number of aryl methyl sites for hydroxylation is 1. The molecule has 1 N–H and O–H groups in total. The molecule has 0 unspecified atom stereocenters. The van der Waals surface area contributed by atoms with Gasteiger partial charge in [0.2, 0.25) is 0 Å². The van der Waals surface area contributed by atoms with Crippen molar-refractivity contribution in [2.45, 2.75) is 13.0 Å². The molecule has 0 amide bonds. The topological polar surface area (TPSA) is 29.9 Å². The summed E-state index contributed by atoms with van der Waals surface area (Å²) in [7, 11) is 1.93. The van der Waals surface area contributed by atoms with E-state index in [1.165, 1.54) is 11.1 Å². The van der Waals surface area contributed by atoms with Gasteiger partial charge in [-0.25, -0.2) is 0 Å². The summed E-state index contributed by atoms with van der Waals surface area (Å²) in [5.74, 6) is 0. The molecule has 0 aliphatic carbocycles. The van der Waals surface area contributed by atoms with Gasteiger partial charge in [0.05, 0.1) is 6.20 Å². The van der Waals surface area contributed by atoms with Gasteiger partial charge in [0.25, 0.3) is 0 Å². The van der Waals surface area contributed by atoms with Crippen molar-refractivity contribution in [3.05, 3.63) is 52.8 Å². The van der Waals surface area contributed by atoms with Gasteiger partial charge in [0, 0.05) is 24.8 Å². The zero-order valence-electron chi connectivity index (χ0n) is 9.86. The van der Waals surface area contributed by atoms with Crippen LogP contribution in [-0.4, -0.2) is 16.3 Å². The Bertz CT molecular complexity index is 479. The standard InChI is InChI=1S/C13H16ClN3/c1-17-10-12(9-16-17)5-6-15-8-11-3-2-4-13(14)7-11/h2-4,7,9-10,15H,5-6,8H2,1H3. The smallest absolute Gasteiger partial charge is 0.0522 e. The van der Waals surface area contributed by atoms with E-state index in [2.05, 4.69) is 16.5 Å². The summed E-state index contributed by atoms with van der Waals surface area (Å²) in [5, 5.41) is 8.32. The molecular weight excluding hydrogens is 234 g/mol. The average molecular weight is 250 g/mol. The van der Waals surface area contributed by atoms with Crippen LogP contribution < -0.4 is 5.32 Å². The fourth-order valence-electron chi connectivity index (χ4n) is 1.71. The van der Waals surface area contributed by atoms with Crippen LogP contribution in [0, 0.1) is 0 Å². The lowest BCUT2D eigenvalue weighted by atomic mass is 10.2. The molecule has 1 aromatic carbocycles. The third-order valence-corrected chi connectivity index (χ3v) is 2.80. The fourth-order valence-corrected chi connectivity index (χ4v) is 1.93.